The lowest BCUT2D eigenvalue weighted by Gasteiger charge is -2.12. The molecule has 212 valence electrons. The van der Waals surface area contributed by atoms with Crippen LogP contribution in [-0.4, -0.2) is 37.1 Å². The smallest absolute Gasteiger partial charge is 0.213 e. The summed E-state index contributed by atoms with van der Waals surface area (Å²) in [5.41, 5.74) is 2.25. The molecule has 2 aromatic carbocycles. The molecule has 0 aliphatic rings. The Morgan fingerprint density at radius 2 is 1.40 bits per heavy atom. The molecule has 0 unspecified atom stereocenters. The Hall–Kier alpha value is -2.32. The van der Waals surface area contributed by atoms with Crippen molar-refractivity contribution in [2.24, 2.45) is 5.16 Å². The normalized spacial score (nSPS) is 11.0. The van der Waals surface area contributed by atoms with E-state index in [1.54, 1.807) is 24.4 Å². The van der Waals surface area contributed by atoms with Crippen LogP contribution in [0.5, 0.6) is 17.4 Å². The molecule has 3 aromatic rings. The molecule has 0 N–H and O–H groups in total. The monoisotopic (exact) mass is 662 g/mol. The zero-order valence-corrected chi connectivity index (χ0v) is 25.5. The largest absolute Gasteiger partial charge is 0.490 e. The van der Waals surface area contributed by atoms with Crippen LogP contribution in [0.2, 0.25) is 10.0 Å². The van der Waals surface area contributed by atoms with Crippen LogP contribution in [0.4, 0.5) is 0 Å². The van der Waals surface area contributed by atoms with Crippen LogP contribution in [0.25, 0.3) is 0 Å². The number of unbranched alkanes of at least 4 members (excludes halogenated alkanes) is 1. The van der Waals surface area contributed by atoms with Gasteiger partial charge in [0, 0.05) is 35.5 Å². The lowest BCUT2D eigenvalue weighted by molar-refractivity contribution is 0.175. The fourth-order valence-corrected chi connectivity index (χ4v) is 4.02. The van der Waals surface area contributed by atoms with Crippen molar-refractivity contribution in [3.05, 3.63) is 103 Å². The molecule has 0 fully saturated rings. The molecule has 1 aromatic heterocycles. The second-order valence-electron chi connectivity index (χ2n) is 7.91. The van der Waals surface area contributed by atoms with Crippen LogP contribution in [-0.2, 0) is 4.84 Å². The van der Waals surface area contributed by atoms with Gasteiger partial charge in [0.15, 0.2) is 5.75 Å². The van der Waals surface area contributed by atoms with E-state index in [9.17, 15) is 0 Å². The fraction of sp³-hybridized carbons (Fsp3) is 0.214. The first-order valence-corrected chi connectivity index (χ1v) is 14.2. The maximum absolute atomic E-state index is 6.30. The van der Waals surface area contributed by atoms with Crippen molar-refractivity contribution in [2.75, 3.05) is 26.4 Å². The molecule has 6 nitrogen and oxygen atoms in total. The molecule has 12 heteroatoms. The number of hydrogen-bond acceptors (Lipinski definition) is 6. The Morgan fingerprint density at radius 1 is 0.750 bits per heavy atom. The molecule has 40 heavy (non-hydrogen) atoms. The molecule has 3 rings (SSSR count). The summed E-state index contributed by atoms with van der Waals surface area (Å²) in [7, 11) is 0. The Balaban J connectivity index is 1.47. The molecule has 0 radical (unpaired) electrons. The molecular weight excluding hydrogens is 641 g/mol. The Labute approximate surface area is 263 Å². The number of nitrogens with zero attached hydrogens (tertiary/aromatic N) is 2. The summed E-state index contributed by atoms with van der Waals surface area (Å²) in [6.45, 7) is 1.18. The van der Waals surface area contributed by atoms with Gasteiger partial charge in [-0.15, -0.1) is 0 Å². The molecule has 0 spiro atoms. The molecule has 0 aliphatic carbocycles. The van der Waals surface area contributed by atoms with Gasteiger partial charge in [-0.1, -0.05) is 105 Å². The minimum absolute atomic E-state index is 0.113. The van der Waals surface area contributed by atoms with Crippen molar-refractivity contribution < 1.29 is 19.0 Å². The van der Waals surface area contributed by atoms with Crippen LogP contribution in [0.15, 0.2) is 87.1 Å². The summed E-state index contributed by atoms with van der Waals surface area (Å²) in [5, 5.41) is 4.93. The van der Waals surface area contributed by atoms with Crippen LogP contribution in [0, 0.1) is 0 Å². The highest BCUT2D eigenvalue weighted by molar-refractivity contribution is 6.56. The maximum Gasteiger partial charge on any atom is 0.213 e. The van der Waals surface area contributed by atoms with E-state index in [0.29, 0.717) is 52.8 Å². The number of oxime groups is 1. The van der Waals surface area contributed by atoms with E-state index in [4.69, 9.17) is 88.7 Å². The standard InChI is InChI=1S/C28H24Cl6N2O4/c29-22-16-21(37-14-10-24(31)32)17-23(30)28(22)39-13-5-4-12-38-26-9-8-20(18-35-26)27(19-6-2-1-3-7-19)36-40-15-11-25(33)34/h1-3,6-11,16-18H,4-5,12-15H2. The first-order valence-electron chi connectivity index (χ1n) is 11.9. The van der Waals surface area contributed by atoms with E-state index in [1.807, 2.05) is 36.4 Å². The number of benzene rings is 2. The van der Waals surface area contributed by atoms with Crippen LogP contribution in [0.1, 0.15) is 24.0 Å². The number of ether oxygens (including phenoxy) is 3. The summed E-state index contributed by atoms with van der Waals surface area (Å²) in [6, 6.07) is 16.5. The molecule has 0 saturated heterocycles. The molecule has 0 aliphatic heterocycles. The van der Waals surface area contributed by atoms with E-state index < -0.39 is 0 Å². The number of rotatable bonds is 15. The fourth-order valence-electron chi connectivity index (χ4n) is 3.19. The zero-order valence-electron chi connectivity index (χ0n) is 21.0. The summed E-state index contributed by atoms with van der Waals surface area (Å²) in [4.78, 5) is 9.76. The average molecular weight is 665 g/mol. The van der Waals surface area contributed by atoms with Crippen molar-refractivity contribution >= 4 is 75.3 Å². The topological polar surface area (TPSA) is 62.2 Å². The summed E-state index contributed by atoms with van der Waals surface area (Å²) >= 11 is 35.0. The van der Waals surface area contributed by atoms with Gasteiger partial charge in [0.25, 0.3) is 0 Å². The first-order chi connectivity index (χ1) is 19.3. The number of halogens is 6. The Bertz CT molecular complexity index is 1290. The average Bonchev–Trinajstić information content (AvgIpc) is 2.92. The van der Waals surface area contributed by atoms with Crippen LogP contribution < -0.4 is 14.2 Å². The highest BCUT2D eigenvalue weighted by Crippen LogP contribution is 2.37. The molecule has 0 saturated carbocycles. The Kier molecular flexibility index (Phi) is 14.1. The van der Waals surface area contributed by atoms with E-state index in [-0.39, 0.29) is 22.2 Å². The molecular formula is C28H24Cl6N2O4. The van der Waals surface area contributed by atoms with Crippen molar-refractivity contribution in [2.45, 2.75) is 12.8 Å². The zero-order chi connectivity index (χ0) is 28.7. The first kappa shape index (κ1) is 32.2. The Morgan fingerprint density at radius 3 is 2.02 bits per heavy atom. The van der Waals surface area contributed by atoms with Gasteiger partial charge < -0.3 is 19.0 Å². The predicted molar refractivity (Wildman–Crippen MR) is 164 cm³/mol. The molecule has 0 bridgehead atoms. The van der Waals surface area contributed by atoms with Crippen molar-refractivity contribution in [1.82, 2.24) is 4.98 Å². The van der Waals surface area contributed by atoms with Crippen LogP contribution >= 0.6 is 69.6 Å². The molecule has 1 heterocycles. The predicted octanol–water partition coefficient (Wildman–Crippen LogP) is 9.41. The maximum atomic E-state index is 6.30. The van der Waals surface area contributed by atoms with Gasteiger partial charge in [-0.3, -0.25) is 0 Å². The van der Waals surface area contributed by atoms with Gasteiger partial charge in [0.2, 0.25) is 5.88 Å². The van der Waals surface area contributed by atoms with Gasteiger partial charge in [0.05, 0.1) is 23.3 Å². The highest BCUT2D eigenvalue weighted by atomic mass is 35.5. The van der Waals surface area contributed by atoms with Gasteiger partial charge in [-0.2, -0.15) is 0 Å². The number of pyridine rings is 1. The van der Waals surface area contributed by atoms with E-state index in [0.717, 1.165) is 17.5 Å². The lowest BCUT2D eigenvalue weighted by atomic mass is 10.0. The van der Waals surface area contributed by atoms with Gasteiger partial charge in [-0.05, 0) is 31.1 Å². The second-order valence-corrected chi connectivity index (χ2v) is 10.7. The van der Waals surface area contributed by atoms with E-state index in [2.05, 4.69) is 10.1 Å². The quantitative estimate of drug-likeness (QED) is 0.0920. The number of aromatic nitrogens is 1. The molecule has 0 amide bonds. The third-order valence-electron chi connectivity index (χ3n) is 5.02. The SMILES string of the molecule is ClC(Cl)=CCON=C(c1ccccc1)c1ccc(OCCCCOc2c(Cl)cc(OCC=C(Cl)Cl)cc2Cl)nc1. The summed E-state index contributed by atoms with van der Waals surface area (Å²) in [6.07, 6.45) is 6.13. The second kappa shape index (κ2) is 17.5. The minimum Gasteiger partial charge on any atom is -0.490 e. The number of hydrogen-bond donors (Lipinski definition) is 0. The van der Waals surface area contributed by atoms with Gasteiger partial charge >= 0.3 is 0 Å². The summed E-state index contributed by atoms with van der Waals surface area (Å²) in [5.74, 6) is 1.35. The molecule has 0 atom stereocenters. The van der Waals surface area contributed by atoms with Gasteiger partial charge in [-0.25, -0.2) is 4.98 Å². The van der Waals surface area contributed by atoms with Gasteiger partial charge in [0.1, 0.15) is 33.7 Å². The summed E-state index contributed by atoms with van der Waals surface area (Å²) < 4.78 is 17.3. The van der Waals surface area contributed by atoms with Crippen LogP contribution in [0.3, 0.4) is 0 Å². The van der Waals surface area contributed by atoms with Crippen molar-refractivity contribution in [1.29, 1.82) is 0 Å². The minimum atomic E-state index is 0.113. The highest BCUT2D eigenvalue weighted by Gasteiger charge is 2.11. The van der Waals surface area contributed by atoms with Crippen molar-refractivity contribution in [3.8, 4) is 17.4 Å². The lowest BCUT2D eigenvalue weighted by Crippen LogP contribution is -2.07. The van der Waals surface area contributed by atoms with E-state index in [1.165, 1.54) is 12.2 Å². The van der Waals surface area contributed by atoms with E-state index >= 15 is 0 Å². The third-order valence-corrected chi connectivity index (χ3v) is 6.20. The third kappa shape index (κ3) is 11.3. The van der Waals surface area contributed by atoms with Crippen molar-refractivity contribution in [3.63, 3.8) is 0 Å².